The molecular weight excluding hydrogens is 438 g/mol. The SMILES string of the molecule is C=CC.CC.CC(=NC(=C(C)C)c1ccc(C)cc1Cl)N(C)c1cccc(C(C)(F)P)c1. The largest absolute Gasteiger partial charge is 0.333 e. The molecule has 0 spiro atoms. The van der Waals surface area contributed by atoms with E-state index >= 15 is 0 Å². The molecule has 0 fully saturated rings. The Bertz CT molecular complexity index is 939. The topological polar surface area (TPSA) is 15.6 Å². The van der Waals surface area contributed by atoms with E-state index in [-0.39, 0.29) is 0 Å². The van der Waals surface area contributed by atoms with Crippen LogP contribution < -0.4 is 4.90 Å². The Morgan fingerprint density at radius 3 is 2.19 bits per heavy atom. The molecule has 0 aromatic heterocycles. The third-order valence-electron chi connectivity index (χ3n) is 4.41. The molecule has 32 heavy (non-hydrogen) atoms. The van der Waals surface area contributed by atoms with Gasteiger partial charge >= 0.3 is 0 Å². The number of anilines is 1. The molecule has 0 heterocycles. The molecule has 176 valence electrons. The van der Waals surface area contributed by atoms with Gasteiger partial charge in [-0.1, -0.05) is 65.0 Å². The molecule has 2 atom stereocenters. The molecule has 0 bridgehead atoms. The van der Waals surface area contributed by atoms with Crippen LogP contribution >= 0.6 is 20.8 Å². The van der Waals surface area contributed by atoms with Gasteiger partial charge in [0.25, 0.3) is 0 Å². The lowest BCUT2D eigenvalue weighted by Gasteiger charge is -2.22. The molecule has 2 nitrogen and oxygen atoms in total. The van der Waals surface area contributed by atoms with E-state index in [1.165, 1.54) is 6.92 Å². The van der Waals surface area contributed by atoms with E-state index in [9.17, 15) is 4.39 Å². The van der Waals surface area contributed by atoms with Gasteiger partial charge in [-0.05, 0) is 76.4 Å². The van der Waals surface area contributed by atoms with Gasteiger partial charge in [-0.25, -0.2) is 9.38 Å². The summed E-state index contributed by atoms with van der Waals surface area (Å²) in [6.45, 7) is 18.8. The Morgan fingerprint density at radius 2 is 1.72 bits per heavy atom. The Labute approximate surface area is 202 Å². The number of hydrogen-bond donors (Lipinski definition) is 0. The highest BCUT2D eigenvalue weighted by Crippen LogP contribution is 2.34. The second-order valence-corrected chi connectivity index (χ2v) is 9.08. The number of aryl methyl sites for hydroxylation is 1. The van der Waals surface area contributed by atoms with Gasteiger partial charge < -0.3 is 4.90 Å². The number of rotatable bonds is 4. The molecule has 0 saturated heterocycles. The van der Waals surface area contributed by atoms with Crippen LogP contribution in [-0.2, 0) is 5.41 Å². The van der Waals surface area contributed by atoms with Crippen molar-refractivity contribution in [2.45, 2.75) is 60.8 Å². The Morgan fingerprint density at radius 1 is 1.16 bits per heavy atom. The second kappa shape index (κ2) is 14.2. The van der Waals surface area contributed by atoms with Crippen LogP contribution in [-0.4, -0.2) is 12.9 Å². The molecule has 2 aromatic rings. The van der Waals surface area contributed by atoms with Crippen molar-refractivity contribution in [2.75, 3.05) is 11.9 Å². The fraction of sp³-hybridized carbons (Fsp3) is 0.370. The molecule has 0 N–H and O–H groups in total. The average molecular weight is 477 g/mol. The summed E-state index contributed by atoms with van der Waals surface area (Å²) in [6, 6.07) is 13.4. The number of halogens is 2. The number of hydrogen-bond acceptors (Lipinski definition) is 1. The van der Waals surface area contributed by atoms with Gasteiger partial charge in [-0.2, -0.15) is 0 Å². The number of nitrogens with zero attached hydrogens (tertiary/aromatic N) is 2. The highest BCUT2D eigenvalue weighted by molar-refractivity contribution is 7.18. The maximum absolute atomic E-state index is 14.3. The third-order valence-corrected chi connectivity index (χ3v) is 5.06. The van der Waals surface area contributed by atoms with Crippen molar-refractivity contribution in [1.82, 2.24) is 0 Å². The normalized spacial score (nSPS) is 12.3. The zero-order chi connectivity index (χ0) is 25.1. The van der Waals surface area contributed by atoms with E-state index < -0.39 is 5.41 Å². The number of allylic oxidation sites excluding steroid dienone is 2. The van der Waals surface area contributed by atoms with Gasteiger partial charge in [-0.3, -0.25) is 0 Å². The fourth-order valence-electron chi connectivity index (χ4n) is 2.70. The first-order valence-electron chi connectivity index (χ1n) is 10.8. The minimum Gasteiger partial charge on any atom is -0.333 e. The van der Waals surface area contributed by atoms with Crippen LogP contribution in [0, 0.1) is 6.92 Å². The third kappa shape index (κ3) is 9.27. The second-order valence-electron chi connectivity index (χ2n) is 7.58. The molecule has 0 aliphatic carbocycles. The molecule has 0 radical (unpaired) electrons. The maximum atomic E-state index is 14.3. The highest BCUT2D eigenvalue weighted by Gasteiger charge is 2.20. The summed E-state index contributed by atoms with van der Waals surface area (Å²) in [7, 11) is 4.16. The van der Waals surface area contributed by atoms with Crippen molar-refractivity contribution < 1.29 is 4.39 Å². The lowest BCUT2D eigenvalue weighted by atomic mass is 10.1. The van der Waals surface area contributed by atoms with Crippen LogP contribution in [0.25, 0.3) is 5.70 Å². The van der Waals surface area contributed by atoms with Crippen LogP contribution in [0.15, 0.2) is 65.7 Å². The van der Waals surface area contributed by atoms with Gasteiger partial charge in [0, 0.05) is 18.3 Å². The molecule has 2 unspecified atom stereocenters. The highest BCUT2D eigenvalue weighted by atomic mass is 35.5. The van der Waals surface area contributed by atoms with Crippen molar-refractivity contribution in [3.63, 3.8) is 0 Å². The molecular formula is C27H39ClFN2P. The fourth-order valence-corrected chi connectivity index (χ4v) is 3.20. The van der Waals surface area contributed by atoms with Gasteiger partial charge in [0.1, 0.15) is 11.2 Å². The summed E-state index contributed by atoms with van der Waals surface area (Å²) in [6.07, 6.45) is 1.75. The van der Waals surface area contributed by atoms with Crippen LogP contribution in [0.4, 0.5) is 10.1 Å². The summed E-state index contributed by atoms with van der Waals surface area (Å²) >= 11 is 6.46. The van der Waals surface area contributed by atoms with Crippen molar-refractivity contribution in [1.29, 1.82) is 0 Å². The molecule has 2 rings (SSSR count). The predicted octanol–water partition coefficient (Wildman–Crippen LogP) is 9.19. The zero-order valence-electron chi connectivity index (χ0n) is 21.1. The Balaban J connectivity index is 0.00000177. The first kappa shape index (κ1) is 30.0. The van der Waals surface area contributed by atoms with Crippen LogP contribution in [0.3, 0.4) is 0 Å². The Hall–Kier alpha value is -1.96. The smallest absolute Gasteiger partial charge is 0.145 e. The van der Waals surface area contributed by atoms with Crippen LogP contribution in [0.2, 0.25) is 5.02 Å². The first-order chi connectivity index (χ1) is 14.9. The number of amidine groups is 1. The molecule has 2 aromatic carbocycles. The van der Waals surface area contributed by atoms with E-state index in [0.717, 1.165) is 33.9 Å². The standard InChI is InChI=1S/C22H27ClFN2P.C3H6.C2H6/c1-14(2)21(19-11-10-15(3)12-20(19)23)25-16(4)26(6)18-9-7-8-17(13-18)22(5,24)27;1-3-2;1-2/h7-13H,27H2,1-6H3;3H,1H2,2H3;1-2H3. The van der Waals surface area contributed by atoms with Crippen molar-refractivity contribution in [3.05, 3.63) is 82.4 Å². The van der Waals surface area contributed by atoms with Crippen LogP contribution in [0.5, 0.6) is 0 Å². The van der Waals surface area contributed by atoms with E-state index in [0.29, 0.717) is 10.6 Å². The molecule has 0 amide bonds. The lowest BCUT2D eigenvalue weighted by molar-refractivity contribution is 0.324. The van der Waals surface area contributed by atoms with E-state index in [2.05, 4.69) is 15.8 Å². The Kier molecular flexibility index (Phi) is 13.4. The molecule has 0 aliphatic heterocycles. The van der Waals surface area contributed by atoms with Gasteiger partial charge in [-0.15, -0.1) is 6.58 Å². The summed E-state index contributed by atoms with van der Waals surface area (Å²) in [4.78, 5) is 6.79. The van der Waals surface area contributed by atoms with E-state index in [1.54, 1.807) is 12.1 Å². The van der Waals surface area contributed by atoms with E-state index in [4.69, 9.17) is 16.6 Å². The molecule has 0 saturated carbocycles. The van der Waals surface area contributed by atoms with Crippen molar-refractivity contribution in [2.24, 2.45) is 4.99 Å². The minimum atomic E-state index is -1.47. The summed E-state index contributed by atoms with van der Waals surface area (Å²) in [5.41, 5.74) is 5.42. The summed E-state index contributed by atoms with van der Waals surface area (Å²) in [5, 5.41) is -0.786. The number of benzene rings is 2. The monoisotopic (exact) mass is 476 g/mol. The summed E-state index contributed by atoms with van der Waals surface area (Å²) < 4.78 is 14.3. The number of alkyl halides is 1. The quantitative estimate of drug-likeness (QED) is 0.186. The van der Waals surface area contributed by atoms with E-state index in [1.807, 2.05) is 96.8 Å². The zero-order valence-corrected chi connectivity index (χ0v) is 23.0. The minimum absolute atomic E-state index is 0.605. The van der Waals surface area contributed by atoms with Crippen LogP contribution in [0.1, 0.15) is 65.2 Å². The molecule has 0 aliphatic rings. The molecule has 5 heteroatoms. The van der Waals surface area contributed by atoms with Gasteiger partial charge in [0.15, 0.2) is 0 Å². The summed E-state index contributed by atoms with van der Waals surface area (Å²) in [5.74, 6) is 0.796. The van der Waals surface area contributed by atoms with Crippen molar-refractivity contribution >= 4 is 38.1 Å². The average Bonchev–Trinajstić information content (AvgIpc) is 2.73. The lowest BCUT2D eigenvalue weighted by Crippen LogP contribution is -2.24. The number of aliphatic imine (C=N–C) groups is 1. The maximum Gasteiger partial charge on any atom is 0.145 e. The first-order valence-corrected chi connectivity index (χ1v) is 11.8. The van der Waals surface area contributed by atoms with Crippen molar-refractivity contribution in [3.8, 4) is 0 Å². The van der Waals surface area contributed by atoms with Gasteiger partial charge in [0.05, 0.1) is 10.7 Å². The predicted molar refractivity (Wildman–Crippen MR) is 148 cm³/mol. The van der Waals surface area contributed by atoms with Gasteiger partial charge in [0.2, 0.25) is 0 Å².